The predicted molar refractivity (Wildman–Crippen MR) is 160 cm³/mol. The molecule has 8 heteroatoms. The van der Waals surface area contributed by atoms with Gasteiger partial charge in [-0.1, -0.05) is 71.9 Å². The summed E-state index contributed by atoms with van der Waals surface area (Å²) in [6.07, 6.45) is 2.15. The summed E-state index contributed by atoms with van der Waals surface area (Å²) in [4.78, 5) is 44.2. The summed E-state index contributed by atoms with van der Waals surface area (Å²) >= 11 is 1.68. The molecule has 0 aromatic heterocycles. The number of fused-ring (bicyclic) bond motifs is 1. The molecule has 7 nitrogen and oxygen atoms in total. The zero-order valence-electron chi connectivity index (χ0n) is 25.5. The van der Waals surface area contributed by atoms with Crippen molar-refractivity contribution in [3.05, 3.63) is 35.9 Å². The number of aliphatic hydroxyl groups is 1. The number of rotatable bonds is 10. The number of carbonyl (C=O) groups is 3. The number of nitrogens with one attached hydrogen (secondary N) is 2. The van der Waals surface area contributed by atoms with Gasteiger partial charge in [-0.05, 0) is 55.9 Å². The standard InChI is InChI=1S/C32H49N3O4S/c1-19(2)14-22(17-36)35-26(28(38)34-31(7,8)18-30(4,5)6)32-20(3)15-23(40-32)24(25(32)29(35)39)27(37)33-16-21-12-10-9-11-13-21/h9-13,19-20,22-26,36H,14-18H2,1-8H3,(H,33,37)(H,34,38)/t20?,22-,23-,24+,25+,26?,32?/m1/s1. The van der Waals surface area contributed by atoms with Gasteiger partial charge in [-0.15, -0.1) is 11.8 Å². The lowest BCUT2D eigenvalue weighted by molar-refractivity contribution is -0.143. The zero-order valence-corrected chi connectivity index (χ0v) is 26.3. The van der Waals surface area contributed by atoms with Crippen molar-refractivity contribution in [2.24, 2.45) is 29.1 Å². The number of thioether (sulfide) groups is 1. The average molecular weight is 572 g/mol. The fraction of sp³-hybridized carbons (Fsp3) is 0.719. The lowest BCUT2D eigenvalue weighted by atomic mass is 9.65. The van der Waals surface area contributed by atoms with E-state index in [-0.39, 0.29) is 46.8 Å². The molecule has 1 aromatic rings. The van der Waals surface area contributed by atoms with Crippen LogP contribution in [0.5, 0.6) is 0 Å². The van der Waals surface area contributed by atoms with Gasteiger partial charge in [0, 0.05) is 17.3 Å². The Labute approximate surface area is 244 Å². The van der Waals surface area contributed by atoms with E-state index in [0.29, 0.717) is 13.0 Å². The summed E-state index contributed by atoms with van der Waals surface area (Å²) in [6, 6.07) is 8.55. The van der Waals surface area contributed by atoms with Gasteiger partial charge in [-0.3, -0.25) is 14.4 Å². The van der Waals surface area contributed by atoms with Crippen LogP contribution < -0.4 is 10.6 Å². The molecular formula is C32H49N3O4S. The monoisotopic (exact) mass is 571 g/mol. The molecule has 0 radical (unpaired) electrons. The average Bonchev–Trinajstić information content (AvgIpc) is 3.43. The Kier molecular flexibility index (Phi) is 8.74. The van der Waals surface area contributed by atoms with E-state index in [1.807, 2.05) is 44.2 Å². The van der Waals surface area contributed by atoms with E-state index in [9.17, 15) is 19.5 Å². The highest BCUT2D eigenvalue weighted by atomic mass is 32.2. The first-order chi connectivity index (χ1) is 18.6. The number of hydrogen-bond donors (Lipinski definition) is 3. The first-order valence-corrected chi connectivity index (χ1v) is 15.7. The third-order valence-corrected chi connectivity index (χ3v) is 10.9. The second-order valence-corrected chi connectivity index (χ2v) is 16.1. The summed E-state index contributed by atoms with van der Waals surface area (Å²) in [5, 5.41) is 16.9. The Hall–Kier alpha value is -2.06. The molecule has 0 saturated carbocycles. The van der Waals surface area contributed by atoms with Gasteiger partial charge in [-0.2, -0.15) is 0 Å². The second-order valence-electron chi connectivity index (χ2n) is 14.6. The molecule has 1 spiro atoms. The van der Waals surface area contributed by atoms with Crippen molar-refractivity contribution in [3.8, 4) is 0 Å². The molecule has 0 aliphatic carbocycles. The summed E-state index contributed by atoms with van der Waals surface area (Å²) in [5.41, 5.74) is 0.525. The van der Waals surface area contributed by atoms with Crippen LogP contribution in [-0.4, -0.2) is 62.0 Å². The smallest absolute Gasteiger partial charge is 0.244 e. The Balaban J connectivity index is 1.70. The zero-order chi connectivity index (χ0) is 29.6. The Morgan fingerprint density at radius 1 is 1.12 bits per heavy atom. The van der Waals surface area contributed by atoms with Gasteiger partial charge in [0.1, 0.15) is 6.04 Å². The molecule has 3 aliphatic heterocycles. The number of benzene rings is 1. The Morgan fingerprint density at radius 2 is 1.77 bits per heavy atom. The third-order valence-electron chi connectivity index (χ3n) is 8.83. The van der Waals surface area contributed by atoms with Crippen LogP contribution in [-0.2, 0) is 20.9 Å². The lowest BCUT2D eigenvalue weighted by Gasteiger charge is -2.42. The molecule has 222 valence electrons. The fourth-order valence-electron chi connectivity index (χ4n) is 7.95. The van der Waals surface area contributed by atoms with Crippen molar-refractivity contribution in [1.29, 1.82) is 0 Å². The molecule has 1 aromatic carbocycles. The van der Waals surface area contributed by atoms with Crippen molar-refractivity contribution in [2.75, 3.05) is 6.61 Å². The van der Waals surface area contributed by atoms with Gasteiger partial charge in [0.15, 0.2) is 0 Å². The minimum atomic E-state index is -0.739. The summed E-state index contributed by atoms with van der Waals surface area (Å²) < 4.78 is -0.706. The number of aliphatic hydroxyl groups excluding tert-OH is 1. The molecule has 3 heterocycles. The van der Waals surface area contributed by atoms with Gasteiger partial charge in [0.05, 0.1) is 29.2 Å². The highest BCUT2D eigenvalue weighted by molar-refractivity contribution is 8.02. The van der Waals surface area contributed by atoms with Crippen LogP contribution in [0, 0.1) is 29.1 Å². The van der Waals surface area contributed by atoms with Crippen molar-refractivity contribution in [2.45, 2.75) is 109 Å². The largest absolute Gasteiger partial charge is 0.394 e. The van der Waals surface area contributed by atoms with Crippen molar-refractivity contribution in [1.82, 2.24) is 15.5 Å². The number of hydrogen-bond acceptors (Lipinski definition) is 5. The number of nitrogens with zero attached hydrogens (tertiary/aromatic N) is 1. The molecule has 4 rings (SSSR count). The molecular weight excluding hydrogens is 522 g/mol. The minimum absolute atomic E-state index is 0.00382. The maximum atomic E-state index is 14.4. The normalized spacial score (nSPS) is 30.5. The first-order valence-electron chi connectivity index (χ1n) is 14.9. The van der Waals surface area contributed by atoms with Crippen molar-refractivity contribution in [3.63, 3.8) is 0 Å². The molecule has 3 aliphatic rings. The number of likely N-dealkylation sites (tertiary alicyclic amines) is 1. The van der Waals surface area contributed by atoms with Crippen LogP contribution in [0.25, 0.3) is 0 Å². The summed E-state index contributed by atoms with van der Waals surface area (Å²) in [5.74, 6) is -1.22. The molecule has 3 saturated heterocycles. The molecule has 3 fully saturated rings. The topological polar surface area (TPSA) is 98.7 Å². The van der Waals surface area contributed by atoms with E-state index in [1.54, 1.807) is 16.7 Å². The first kappa shape index (κ1) is 30.9. The van der Waals surface area contributed by atoms with Crippen LogP contribution >= 0.6 is 11.8 Å². The summed E-state index contributed by atoms with van der Waals surface area (Å²) in [6.45, 7) is 17.0. The molecule has 3 unspecified atom stereocenters. The van der Waals surface area contributed by atoms with E-state index in [4.69, 9.17) is 0 Å². The molecule has 3 amide bonds. The van der Waals surface area contributed by atoms with Gasteiger partial charge in [0.2, 0.25) is 17.7 Å². The van der Waals surface area contributed by atoms with Crippen molar-refractivity contribution < 1.29 is 19.5 Å². The van der Waals surface area contributed by atoms with E-state index in [0.717, 1.165) is 18.4 Å². The maximum Gasteiger partial charge on any atom is 0.244 e. The van der Waals surface area contributed by atoms with Crippen LogP contribution in [0.4, 0.5) is 0 Å². The van der Waals surface area contributed by atoms with Crippen LogP contribution in [0.2, 0.25) is 0 Å². The Morgan fingerprint density at radius 3 is 2.35 bits per heavy atom. The Bertz CT molecular complexity index is 1100. The van der Waals surface area contributed by atoms with E-state index < -0.39 is 34.2 Å². The summed E-state index contributed by atoms with van der Waals surface area (Å²) in [7, 11) is 0. The maximum absolute atomic E-state index is 14.4. The third kappa shape index (κ3) is 5.80. The van der Waals surface area contributed by atoms with Gasteiger partial charge in [-0.25, -0.2) is 0 Å². The van der Waals surface area contributed by atoms with E-state index in [1.165, 1.54) is 0 Å². The molecule has 40 heavy (non-hydrogen) atoms. The number of carbonyl (C=O) groups excluding carboxylic acids is 3. The van der Waals surface area contributed by atoms with Gasteiger partial charge < -0.3 is 20.6 Å². The highest BCUT2D eigenvalue weighted by Gasteiger charge is 2.76. The lowest BCUT2D eigenvalue weighted by Crippen LogP contribution is -2.61. The van der Waals surface area contributed by atoms with E-state index >= 15 is 0 Å². The minimum Gasteiger partial charge on any atom is -0.394 e. The predicted octanol–water partition coefficient (Wildman–Crippen LogP) is 4.38. The molecule has 7 atom stereocenters. The molecule has 3 N–H and O–H groups in total. The van der Waals surface area contributed by atoms with Crippen LogP contribution in [0.1, 0.15) is 80.2 Å². The quantitative estimate of drug-likeness (QED) is 0.387. The fourth-order valence-corrected chi connectivity index (χ4v) is 10.4. The SMILES string of the molecule is CC(C)C[C@H](CO)N1C(=O)[C@@H]2[C@@H](C(=O)NCc3ccccc3)[C@H]3CC(C)C2(S3)C1C(=O)NC(C)(C)CC(C)(C)C. The number of amides is 3. The second kappa shape index (κ2) is 11.3. The van der Waals surface area contributed by atoms with E-state index in [2.05, 4.69) is 52.2 Å². The van der Waals surface area contributed by atoms with Crippen molar-refractivity contribution >= 4 is 29.5 Å². The van der Waals surface area contributed by atoms with Crippen LogP contribution in [0.15, 0.2) is 30.3 Å². The van der Waals surface area contributed by atoms with Gasteiger partial charge in [0.25, 0.3) is 0 Å². The molecule has 2 bridgehead atoms. The van der Waals surface area contributed by atoms with Crippen LogP contribution in [0.3, 0.4) is 0 Å². The van der Waals surface area contributed by atoms with Gasteiger partial charge >= 0.3 is 0 Å². The highest BCUT2D eigenvalue weighted by Crippen LogP contribution is 2.68.